The van der Waals surface area contributed by atoms with Crippen LogP contribution in [0, 0.1) is 0 Å². The number of carbonyl (C=O) groups is 1. The van der Waals surface area contributed by atoms with E-state index in [-0.39, 0.29) is 17.2 Å². The second-order valence-electron chi connectivity index (χ2n) is 5.42. The lowest BCUT2D eigenvalue weighted by Gasteiger charge is -2.10. The van der Waals surface area contributed by atoms with Crippen LogP contribution in [0.25, 0.3) is 22.8 Å². The van der Waals surface area contributed by atoms with Crippen LogP contribution in [0.15, 0.2) is 48.5 Å². The number of halogens is 5. The van der Waals surface area contributed by atoms with Gasteiger partial charge in [0.1, 0.15) is 0 Å². The lowest BCUT2D eigenvalue weighted by molar-refractivity contribution is -0.137. The number of H-pyrrole nitrogens is 1. The molecule has 0 spiro atoms. The van der Waals surface area contributed by atoms with Gasteiger partial charge in [0.05, 0.1) is 5.56 Å². The van der Waals surface area contributed by atoms with E-state index in [4.69, 9.17) is 23.2 Å². The normalized spacial score (nSPS) is 11.6. The first-order valence-electron chi connectivity index (χ1n) is 7.54. The number of aromatic amines is 1. The van der Waals surface area contributed by atoms with Crippen molar-refractivity contribution in [3.8, 4) is 22.8 Å². The number of anilines is 1. The number of carbonyl (C=O) groups excluding carboxylic acids is 1. The van der Waals surface area contributed by atoms with Gasteiger partial charge in [-0.2, -0.15) is 18.3 Å². The van der Waals surface area contributed by atoms with Gasteiger partial charge in [0.15, 0.2) is 16.5 Å². The molecule has 1 heterocycles. The first kappa shape index (κ1) is 19.2. The molecule has 2 N–H and O–H groups in total. The third kappa shape index (κ3) is 4.40. The Hall–Kier alpha value is -2.58. The van der Waals surface area contributed by atoms with E-state index in [1.165, 1.54) is 18.2 Å². The van der Waals surface area contributed by atoms with Crippen LogP contribution in [0.4, 0.5) is 18.9 Å². The van der Waals surface area contributed by atoms with Crippen molar-refractivity contribution in [2.75, 3.05) is 5.32 Å². The van der Waals surface area contributed by atoms with Crippen LogP contribution in [0.3, 0.4) is 0 Å². The Morgan fingerprint density at radius 1 is 1.07 bits per heavy atom. The van der Waals surface area contributed by atoms with Gasteiger partial charge in [0, 0.05) is 16.8 Å². The summed E-state index contributed by atoms with van der Waals surface area (Å²) in [6, 6.07) is 11.5. The number of aromatic nitrogens is 3. The molecule has 1 aromatic heterocycles. The molecule has 3 aromatic rings. The van der Waals surface area contributed by atoms with Crippen LogP contribution in [-0.4, -0.2) is 25.9 Å². The predicted octanol–water partition coefficient (Wildman–Crippen LogP) is 4.90. The van der Waals surface area contributed by atoms with Gasteiger partial charge in [-0.15, -0.1) is 0 Å². The van der Waals surface area contributed by atoms with Gasteiger partial charge in [-0.05, 0) is 30.3 Å². The summed E-state index contributed by atoms with van der Waals surface area (Å²) in [6.07, 6.45) is -4.51. The first-order chi connectivity index (χ1) is 12.8. The van der Waals surface area contributed by atoms with Crippen molar-refractivity contribution in [2.45, 2.75) is 11.0 Å². The van der Waals surface area contributed by atoms with E-state index in [2.05, 4.69) is 20.5 Å². The summed E-state index contributed by atoms with van der Waals surface area (Å²) in [4.78, 5) is 14.4. The molecular weight excluding hydrogens is 404 g/mol. The number of benzene rings is 2. The molecule has 0 bridgehead atoms. The smallest absolute Gasteiger partial charge is 0.324 e. The Morgan fingerprint density at radius 2 is 1.74 bits per heavy atom. The number of alkyl halides is 5. The highest BCUT2D eigenvalue weighted by Gasteiger charge is 2.34. The Morgan fingerprint density at radius 3 is 2.37 bits per heavy atom. The van der Waals surface area contributed by atoms with Crippen molar-refractivity contribution < 1.29 is 18.0 Å². The minimum absolute atomic E-state index is 0.00225. The highest BCUT2D eigenvalue weighted by Crippen LogP contribution is 2.36. The summed E-state index contributed by atoms with van der Waals surface area (Å²) in [5, 5.41) is 9.00. The maximum atomic E-state index is 13.2. The molecule has 1 amide bonds. The van der Waals surface area contributed by atoms with E-state index >= 15 is 0 Å². The van der Waals surface area contributed by atoms with E-state index in [0.29, 0.717) is 11.3 Å². The van der Waals surface area contributed by atoms with Crippen molar-refractivity contribution in [1.82, 2.24) is 15.2 Å². The summed E-state index contributed by atoms with van der Waals surface area (Å²) >= 11 is 10.9. The fourth-order valence-electron chi connectivity index (χ4n) is 2.35. The zero-order valence-electron chi connectivity index (χ0n) is 13.4. The van der Waals surface area contributed by atoms with Gasteiger partial charge >= 0.3 is 6.18 Å². The van der Waals surface area contributed by atoms with E-state index in [9.17, 15) is 18.0 Å². The molecule has 0 aliphatic rings. The minimum Gasteiger partial charge on any atom is -0.324 e. The molecule has 0 atom stereocenters. The summed E-state index contributed by atoms with van der Waals surface area (Å²) in [6.45, 7) is 0. The molecule has 5 nitrogen and oxygen atoms in total. The highest BCUT2D eigenvalue weighted by atomic mass is 35.5. The molecule has 27 heavy (non-hydrogen) atoms. The number of rotatable bonds is 4. The van der Waals surface area contributed by atoms with Crippen LogP contribution in [0.1, 0.15) is 5.56 Å². The van der Waals surface area contributed by atoms with E-state index in [1.54, 1.807) is 24.3 Å². The number of hydrogen-bond donors (Lipinski definition) is 2. The van der Waals surface area contributed by atoms with Crippen molar-refractivity contribution in [3.05, 3.63) is 54.1 Å². The van der Waals surface area contributed by atoms with E-state index in [1.807, 2.05) is 0 Å². The molecule has 0 saturated heterocycles. The molecule has 0 unspecified atom stereocenters. The topological polar surface area (TPSA) is 70.7 Å². The van der Waals surface area contributed by atoms with Crippen molar-refractivity contribution in [1.29, 1.82) is 0 Å². The van der Waals surface area contributed by atoms with Crippen LogP contribution < -0.4 is 5.32 Å². The molecule has 0 radical (unpaired) electrons. The average molecular weight is 415 g/mol. The summed E-state index contributed by atoms with van der Waals surface area (Å²) in [5.74, 6) is -0.357. The third-order valence-electron chi connectivity index (χ3n) is 3.58. The highest BCUT2D eigenvalue weighted by molar-refractivity contribution is 6.54. The van der Waals surface area contributed by atoms with E-state index < -0.39 is 22.5 Å². The van der Waals surface area contributed by atoms with Crippen LogP contribution >= 0.6 is 23.2 Å². The maximum absolute atomic E-state index is 13.2. The second-order valence-corrected chi connectivity index (χ2v) is 6.51. The minimum atomic E-state index is -4.51. The van der Waals surface area contributed by atoms with Gasteiger partial charge in [-0.25, -0.2) is 4.98 Å². The van der Waals surface area contributed by atoms with Gasteiger partial charge in [0.2, 0.25) is 0 Å². The standard InChI is InChI=1S/C17H11Cl2F3N4O/c18-13(19)16(27)23-10-7-5-9(6-8-10)14-24-15(26-25-14)11-3-1-2-4-12(11)17(20,21)22/h1-8,13H,(H,23,27)(H,24,25,26). The molecular formula is C17H11Cl2F3N4O. The van der Waals surface area contributed by atoms with Crippen molar-refractivity contribution in [2.24, 2.45) is 0 Å². The largest absolute Gasteiger partial charge is 0.417 e. The SMILES string of the molecule is O=C(Nc1ccc(-c2n[nH]c(-c3ccccc3C(F)(F)F)n2)cc1)C(Cl)Cl. The Bertz CT molecular complexity index is 955. The second kappa shape index (κ2) is 7.58. The Labute approximate surface area is 161 Å². The Balaban J connectivity index is 1.86. The van der Waals surface area contributed by atoms with Crippen molar-refractivity contribution in [3.63, 3.8) is 0 Å². The number of nitrogens with zero attached hydrogens (tertiary/aromatic N) is 2. The molecule has 0 fully saturated rings. The molecule has 3 rings (SSSR count). The zero-order valence-corrected chi connectivity index (χ0v) is 14.9. The number of amides is 1. The maximum Gasteiger partial charge on any atom is 0.417 e. The van der Waals surface area contributed by atoms with Gasteiger partial charge in [0.25, 0.3) is 5.91 Å². The fourth-order valence-corrected chi connectivity index (χ4v) is 2.46. The number of hydrogen-bond acceptors (Lipinski definition) is 3. The molecule has 0 aliphatic carbocycles. The van der Waals surface area contributed by atoms with Gasteiger partial charge < -0.3 is 5.32 Å². The molecule has 140 valence electrons. The lowest BCUT2D eigenvalue weighted by Crippen LogP contribution is -2.18. The van der Waals surface area contributed by atoms with E-state index in [0.717, 1.165) is 6.07 Å². The summed E-state index contributed by atoms with van der Waals surface area (Å²) in [5.41, 5.74) is 0.104. The van der Waals surface area contributed by atoms with Crippen LogP contribution in [0.2, 0.25) is 0 Å². The predicted molar refractivity (Wildman–Crippen MR) is 96.4 cm³/mol. The van der Waals surface area contributed by atoms with Crippen molar-refractivity contribution >= 4 is 34.8 Å². The molecule has 2 aromatic carbocycles. The Kier molecular flexibility index (Phi) is 5.38. The van der Waals surface area contributed by atoms with Crippen LogP contribution in [0.5, 0.6) is 0 Å². The number of nitrogens with one attached hydrogen (secondary N) is 2. The molecule has 0 saturated carbocycles. The van der Waals surface area contributed by atoms with Gasteiger partial charge in [-0.1, -0.05) is 41.4 Å². The van der Waals surface area contributed by atoms with Gasteiger partial charge in [-0.3, -0.25) is 9.89 Å². The average Bonchev–Trinajstić information content (AvgIpc) is 3.11. The summed E-state index contributed by atoms with van der Waals surface area (Å²) < 4.78 is 39.5. The first-order valence-corrected chi connectivity index (χ1v) is 8.41. The quantitative estimate of drug-likeness (QED) is 0.596. The van der Waals surface area contributed by atoms with Crippen LogP contribution in [-0.2, 0) is 11.0 Å². The fraction of sp³-hybridized carbons (Fsp3) is 0.118. The lowest BCUT2D eigenvalue weighted by atomic mass is 10.1. The summed E-state index contributed by atoms with van der Waals surface area (Å²) in [7, 11) is 0. The molecule has 0 aliphatic heterocycles. The molecule has 10 heteroatoms. The zero-order chi connectivity index (χ0) is 19.6. The third-order valence-corrected chi connectivity index (χ3v) is 3.98. The monoisotopic (exact) mass is 414 g/mol.